The molecule has 0 radical (unpaired) electrons. The highest BCUT2D eigenvalue weighted by atomic mass is 19.4. The number of anilines is 1. The molecule has 1 aromatic carbocycles. The third kappa shape index (κ3) is 4.55. The van der Waals surface area contributed by atoms with Crippen LogP contribution in [-0.4, -0.2) is 42.3 Å². The summed E-state index contributed by atoms with van der Waals surface area (Å²) in [6.45, 7) is 8.00. The first-order valence-electron chi connectivity index (χ1n) is 9.19. The quantitative estimate of drug-likeness (QED) is 0.509. The average Bonchev–Trinajstić information content (AvgIpc) is 3.03. The van der Waals surface area contributed by atoms with E-state index in [-0.39, 0.29) is 24.1 Å². The number of oxime groups is 1. The standard InChI is InChI=1S/C19H23F6N3O2/c1-11(2)10-30-27-15-9-26-16(12(3)4)28(15)14-7-5-13(6-8-14)17(29,18(20,21)22)19(23,24)25/h5-8,11-12,29H,9-10H2,1-4H3/b27-15+. The lowest BCUT2D eigenvalue weighted by molar-refractivity contribution is -0.376. The third-order valence-electron chi connectivity index (χ3n) is 4.33. The van der Waals surface area contributed by atoms with Crippen molar-refractivity contribution in [2.75, 3.05) is 18.1 Å². The Kier molecular flexibility index (Phi) is 6.75. The summed E-state index contributed by atoms with van der Waals surface area (Å²) in [5.41, 5.74) is -6.05. The third-order valence-corrected chi connectivity index (χ3v) is 4.33. The van der Waals surface area contributed by atoms with Crippen molar-refractivity contribution in [2.45, 2.75) is 45.6 Å². The van der Waals surface area contributed by atoms with Crippen molar-refractivity contribution in [3.05, 3.63) is 29.8 Å². The zero-order valence-electron chi connectivity index (χ0n) is 16.8. The van der Waals surface area contributed by atoms with Crippen LogP contribution in [0.1, 0.15) is 33.3 Å². The summed E-state index contributed by atoms with van der Waals surface area (Å²) < 4.78 is 78.5. The van der Waals surface area contributed by atoms with E-state index < -0.39 is 23.5 Å². The molecule has 1 heterocycles. The Morgan fingerprint density at radius 3 is 2.00 bits per heavy atom. The van der Waals surface area contributed by atoms with Crippen LogP contribution in [0.3, 0.4) is 0 Å². The Bertz CT molecular complexity index is 784. The molecule has 11 heteroatoms. The van der Waals surface area contributed by atoms with Crippen molar-refractivity contribution < 1.29 is 36.3 Å². The van der Waals surface area contributed by atoms with Gasteiger partial charge in [-0.05, 0) is 18.1 Å². The Morgan fingerprint density at radius 2 is 1.57 bits per heavy atom. The van der Waals surface area contributed by atoms with Gasteiger partial charge in [-0.2, -0.15) is 26.3 Å². The van der Waals surface area contributed by atoms with E-state index in [0.717, 1.165) is 12.1 Å². The number of benzene rings is 1. The van der Waals surface area contributed by atoms with Crippen LogP contribution in [-0.2, 0) is 10.4 Å². The van der Waals surface area contributed by atoms with Crippen LogP contribution in [0.25, 0.3) is 0 Å². The number of hydrogen-bond donors (Lipinski definition) is 1. The van der Waals surface area contributed by atoms with Crippen molar-refractivity contribution in [3.8, 4) is 0 Å². The van der Waals surface area contributed by atoms with Gasteiger partial charge in [0.05, 0.1) is 0 Å². The number of aliphatic hydroxyl groups is 1. The first kappa shape index (κ1) is 24.0. The molecule has 1 aliphatic rings. The minimum absolute atomic E-state index is 0.0928. The fraction of sp³-hybridized carbons (Fsp3) is 0.579. The lowest BCUT2D eigenvalue weighted by atomic mass is 9.92. The monoisotopic (exact) mass is 439 g/mol. The SMILES string of the molecule is CC(C)CO/N=C1\CN=C(C(C)C)N1c1ccc(C(O)(C(F)(F)F)C(F)(F)F)cc1. The Labute approximate surface area is 170 Å². The smallest absolute Gasteiger partial charge is 0.394 e. The minimum Gasteiger partial charge on any atom is -0.394 e. The van der Waals surface area contributed by atoms with Crippen LogP contribution < -0.4 is 4.90 Å². The van der Waals surface area contributed by atoms with Crippen molar-refractivity contribution in [3.63, 3.8) is 0 Å². The van der Waals surface area contributed by atoms with Crippen molar-refractivity contribution in [1.29, 1.82) is 0 Å². The minimum atomic E-state index is -5.94. The van der Waals surface area contributed by atoms with Crippen LogP contribution in [0.5, 0.6) is 0 Å². The van der Waals surface area contributed by atoms with Crippen molar-refractivity contribution in [1.82, 2.24) is 0 Å². The molecule has 2 rings (SSSR count). The van der Waals surface area contributed by atoms with E-state index >= 15 is 0 Å². The number of hydrogen-bond acceptors (Lipinski definition) is 4. The van der Waals surface area contributed by atoms with Gasteiger partial charge >= 0.3 is 12.4 Å². The predicted octanol–water partition coefficient (Wildman–Crippen LogP) is 4.86. The Balaban J connectivity index is 2.43. The fourth-order valence-electron chi connectivity index (χ4n) is 2.82. The molecule has 0 saturated carbocycles. The molecule has 1 N–H and O–H groups in total. The summed E-state index contributed by atoms with van der Waals surface area (Å²) >= 11 is 0. The van der Waals surface area contributed by atoms with E-state index in [1.165, 1.54) is 4.90 Å². The van der Waals surface area contributed by atoms with E-state index in [0.29, 0.717) is 30.4 Å². The molecule has 0 spiro atoms. The molecule has 5 nitrogen and oxygen atoms in total. The average molecular weight is 439 g/mol. The molecule has 0 bridgehead atoms. The second-order valence-electron chi connectivity index (χ2n) is 7.61. The molecule has 0 unspecified atom stereocenters. The molecular weight excluding hydrogens is 416 g/mol. The molecule has 1 aromatic rings. The highest BCUT2D eigenvalue weighted by molar-refractivity contribution is 6.23. The molecule has 1 aliphatic heterocycles. The van der Waals surface area contributed by atoms with Crippen LogP contribution in [0, 0.1) is 11.8 Å². The molecule has 0 aliphatic carbocycles. The summed E-state index contributed by atoms with van der Waals surface area (Å²) in [5.74, 6) is 1.01. The summed E-state index contributed by atoms with van der Waals surface area (Å²) in [7, 11) is 0. The van der Waals surface area contributed by atoms with Gasteiger partial charge in [0, 0.05) is 17.2 Å². The molecule has 30 heavy (non-hydrogen) atoms. The maximum absolute atomic E-state index is 13.1. The number of aliphatic imine (C=N–C) groups is 1. The summed E-state index contributed by atoms with van der Waals surface area (Å²) in [4.78, 5) is 11.1. The van der Waals surface area contributed by atoms with Crippen molar-refractivity contribution in [2.24, 2.45) is 22.0 Å². The summed E-state index contributed by atoms with van der Waals surface area (Å²) in [5, 5.41) is 13.6. The lowest BCUT2D eigenvalue weighted by Gasteiger charge is -2.33. The van der Waals surface area contributed by atoms with E-state index in [9.17, 15) is 31.4 Å². The Morgan fingerprint density at radius 1 is 1.03 bits per heavy atom. The molecule has 168 valence electrons. The largest absolute Gasteiger partial charge is 0.430 e. The summed E-state index contributed by atoms with van der Waals surface area (Å²) in [6.07, 6.45) is -11.9. The zero-order valence-corrected chi connectivity index (χ0v) is 16.8. The Hall–Kier alpha value is -2.30. The van der Waals surface area contributed by atoms with Gasteiger partial charge in [0.15, 0.2) is 5.84 Å². The number of amidine groups is 2. The normalized spacial score (nSPS) is 17.3. The van der Waals surface area contributed by atoms with Gasteiger partial charge in [0.2, 0.25) is 0 Å². The lowest BCUT2D eigenvalue weighted by Crippen LogP contribution is -2.53. The molecule has 0 fully saturated rings. The van der Waals surface area contributed by atoms with Gasteiger partial charge in [0.1, 0.15) is 19.0 Å². The van der Waals surface area contributed by atoms with Gasteiger partial charge in [-0.15, -0.1) is 0 Å². The first-order chi connectivity index (χ1) is 13.7. The van der Waals surface area contributed by atoms with E-state index in [2.05, 4.69) is 10.1 Å². The topological polar surface area (TPSA) is 57.4 Å². The van der Waals surface area contributed by atoms with Crippen molar-refractivity contribution >= 4 is 17.4 Å². The molecule has 0 amide bonds. The summed E-state index contributed by atoms with van der Waals surface area (Å²) in [6, 6.07) is 3.30. The molecule has 0 aromatic heterocycles. The second kappa shape index (κ2) is 8.44. The van der Waals surface area contributed by atoms with Crippen LogP contribution in [0.2, 0.25) is 0 Å². The maximum Gasteiger partial charge on any atom is 0.430 e. The molecule has 0 saturated heterocycles. The molecule has 0 atom stereocenters. The van der Waals surface area contributed by atoms with Crippen LogP contribution in [0.4, 0.5) is 32.0 Å². The molecular formula is C19H23F6N3O2. The highest BCUT2D eigenvalue weighted by Gasteiger charge is 2.71. The predicted molar refractivity (Wildman–Crippen MR) is 100 cm³/mol. The van der Waals surface area contributed by atoms with Gasteiger partial charge in [-0.1, -0.05) is 45.0 Å². The van der Waals surface area contributed by atoms with E-state index in [1.54, 1.807) is 0 Å². The van der Waals surface area contributed by atoms with Gasteiger partial charge < -0.3 is 9.94 Å². The fourth-order valence-corrected chi connectivity index (χ4v) is 2.82. The van der Waals surface area contributed by atoms with E-state index in [1.807, 2.05) is 27.7 Å². The number of halogens is 6. The maximum atomic E-state index is 13.1. The first-order valence-corrected chi connectivity index (χ1v) is 9.19. The number of alkyl halides is 6. The van der Waals surface area contributed by atoms with E-state index in [4.69, 9.17) is 4.84 Å². The van der Waals surface area contributed by atoms with Gasteiger partial charge in [0.25, 0.3) is 5.60 Å². The second-order valence-corrected chi connectivity index (χ2v) is 7.61. The zero-order chi connectivity index (χ0) is 22.9. The van der Waals surface area contributed by atoms with Gasteiger partial charge in [-0.25, -0.2) is 0 Å². The highest BCUT2D eigenvalue weighted by Crippen LogP contribution is 2.50. The van der Waals surface area contributed by atoms with Crippen LogP contribution >= 0.6 is 0 Å². The number of rotatable bonds is 6. The van der Waals surface area contributed by atoms with Gasteiger partial charge in [-0.3, -0.25) is 9.89 Å². The number of nitrogens with zero attached hydrogens (tertiary/aromatic N) is 3. The van der Waals surface area contributed by atoms with Crippen LogP contribution in [0.15, 0.2) is 34.4 Å².